The standard InChI is InChI=1S/C13H21N3O4S/c1-13(2,3)20-12(19)14-10(11(17)18)8-21-7-9-5-6-16(4)15-9/h5-6,10H,7-8H2,1-4H3,(H,14,19)(H,17,18). The highest BCUT2D eigenvalue weighted by atomic mass is 32.2. The van der Waals surface area contributed by atoms with Crippen LogP contribution in [-0.4, -0.2) is 44.3 Å². The van der Waals surface area contributed by atoms with Gasteiger partial charge < -0.3 is 15.2 Å². The van der Waals surface area contributed by atoms with E-state index in [0.717, 1.165) is 5.69 Å². The number of hydrogen-bond donors (Lipinski definition) is 2. The molecule has 8 heteroatoms. The van der Waals surface area contributed by atoms with Crippen LogP contribution in [0.2, 0.25) is 0 Å². The highest BCUT2D eigenvalue weighted by Crippen LogP contribution is 2.12. The van der Waals surface area contributed by atoms with E-state index in [0.29, 0.717) is 5.75 Å². The highest BCUT2D eigenvalue weighted by Gasteiger charge is 2.23. The normalized spacial score (nSPS) is 12.8. The largest absolute Gasteiger partial charge is 0.480 e. The maximum Gasteiger partial charge on any atom is 0.408 e. The molecule has 1 aromatic rings. The van der Waals surface area contributed by atoms with Crippen LogP contribution < -0.4 is 5.32 Å². The van der Waals surface area contributed by atoms with E-state index in [4.69, 9.17) is 9.84 Å². The van der Waals surface area contributed by atoms with Crippen molar-refractivity contribution in [1.29, 1.82) is 0 Å². The van der Waals surface area contributed by atoms with E-state index in [2.05, 4.69) is 10.4 Å². The number of ether oxygens (including phenoxy) is 1. The van der Waals surface area contributed by atoms with E-state index in [1.165, 1.54) is 11.8 Å². The molecule has 0 spiro atoms. The van der Waals surface area contributed by atoms with E-state index >= 15 is 0 Å². The molecule has 1 heterocycles. The third kappa shape index (κ3) is 7.03. The Labute approximate surface area is 128 Å². The van der Waals surface area contributed by atoms with Crippen molar-refractivity contribution in [3.05, 3.63) is 18.0 Å². The van der Waals surface area contributed by atoms with E-state index in [1.807, 2.05) is 19.3 Å². The van der Waals surface area contributed by atoms with Crippen LogP contribution in [0, 0.1) is 0 Å². The Balaban J connectivity index is 2.43. The lowest BCUT2D eigenvalue weighted by atomic mass is 10.2. The van der Waals surface area contributed by atoms with Gasteiger partial charge in [-0.3, -0.25) is 4.68 Å². The molecule has 0 aliphatic rings. The van der Waals surface area contributed by atoms with Gasteiger partial charge in [-0.1, -0.05) is 0 Å². The molecule has 2 N–H and O–H groups in total. The van der Waals surface area contributed by atoms with Gasteiger partial charge in [0.15, 0.2) is 0 Å². The molecule has 0 saturated heterocycles. The van der Waals surface area contributed by atoms with Crippen LogP contribution in [0.3, 0.4) is 0 Å². The monoisotopic (exact) mass is 315 g/mol. The molecule has 1 rings (SSSR count). The zero-order valence-electron chi connectivity index (χ0n) is 12.6. The average molecular weight is 315 g/mol. The fourth-order valence-electron chi connectivity index (χ4n) is 1.45. The molecule has 1 atom stereocenters. The van der Waals surface area contributed by atoms with Gasteiger partial charge in [-0.15, -0.1) is 0 Å². The number of thioether (sulfide) groups is 1. The Kier molecular flexibility index (Phi) is 6.07. The molecule has 1 unspecified atom stereocenters. The number of aliphatic carboxylic acids is 1. The maximum atomic E-state index is 11.6. The summed E-state index contributed by atoms with van der Waals surface area (Å²) < 4.78 is 6.73. The van der Waals surface area contributed by atoms with Gasteiger partial charge in [0.05, 0.1) is 5.69 Å². The Hall–Kier alpha value is -1.70. The third-order valence-electron chi connectivity index (χ3n) is 2.29. The molecular weight excluding hydrogens is 294 g/mol. The zero-order valence-corrected chi connectivity index (χ0v) is 13.4. The number of alkyl carbamates (subject to hydrolysis) is 1. The summed E-state index contributed by atoms with van der Waals surface area (Å²) in [4.78, 5) is 22.7. The minimum absolute atomic E-state index is 0.241. The van der Waals surface area contributed by atoms with Gasteiger partial charge in [0, 0.05) is 24.8 Å². The third-order valence-corrected chi connectivity index (χ3v) is 3.36. The second-order valence-electron chi connectivity index (χ2n) is 5.53. The van der Waals surface area contributed by atoms with Crippen LogP contribution in [-0.2, 0) is 22.3 Å². The molecule has 0 bridgehead atoms. The molecule has 118 valence electrons. The Bertz CT molecular complexity index is 496. The van der Waals surface area contributed by atoms with Crippen molar-refractivity contribution in [2.75, 3.05) is 5.75 Å². The summed E-state index contributed by atoms with van der Waals surface area (Å²) in [5.41, 5.74) is 0.206. The number of hydrogen-bond acceptors (Lipinski definition) is 5. The molecule has 0 saturated carbocycles. The molecule has 0 aromatic carbocycles. The number of carboxylic acids is 1. The first-order chi connectivity index (χ1) is 9.67. The van der Waals surface area contributed by atoms with Crippen molar-refractivity contribution in [3.63, 3.8) is 0 Å². The Morgan fingerprint density at radius 3 is 2.67 bits per heavy atom. The summed E-state index contributed by atoms with van der Waals surface area (Å²) in [5, 5.41) is 15.7. The number of carboxylic acid groups (broad SMARTS) is 1. The zero-order chi connectivity index (χ0) is 16.0. The fraction of sp³-hybridized carbons (Fsp3) is 0.615. The van der Waals surface area contributed by atoms with Crippen LogP contribution in [0.1, 0.15) is 26.5 Å². The Morgan fingerprint density at radius 2 is 2.19 bits per heavy atom. The molecular formula is C13H21N3O4S. The molecule has 0 radical (unpaired) electrons. The van der Waals surface area contributed by atoms with Gasteiger partial charge in [0.1, 0.15) is 11.6 Å². The van der Waals surface area contributed by atoms with Crippen molar-refractivity contribution < 1.29 is 19.4 Å². The number of nitrogens with zero attached hydrogens (tertiary/aromatic N) is 2. The van der Waals surface area contributed by atoms with Crippen molar-refractivity contribution in [2.24, 2.45) is 7.05 Å². The van der Waals surface area contributed by atoms with Crippen molar-refractivity contribution >= 4 is 23.8 Å². The van der Waals surface area contributed by atoms with Crippen LogP contribution in [0.15, 0.2) is 12.3 Å². The number of carbonyl (C=O) groups is 2. The molecule has 7 nitrogen and oxygen atoms in total. The first-order valence-electron chi connectivity index (χ1n) is 6.46. The second kappa shape index (κ2) is 7.35. The van der Waals surface area contributed by atoms with E-state index in [1.54, 1.807) is 25.5 Å². The number of amides is 1. The molecule has 1 amide bonds. The van der Waals surface area contributed by atoms with Gasteiger partial charge in [0.25, 0.3) is 0 Å². The lowest BCUT2D eigenvalue weighted by molar-refractivity contribution is -0.138. The molecule has 0 fully saturated rings. The summed E-state index contributed by atoms with van der Waals surface area (Å²) >= 11 is 1.39. The van der Waals surface area contributed by atoms with Gasteiger partial charge in [-0.2, -0.15) is 16.9 Å². The van der Waals surface area contributed by atoms with Gasteiger partial charge >= 0.3 is 12.1 Å². The van der Waals surface area contributed by atoms with E-state index < -0.39 is 23.7 Å². The predicted octanol–water partition coefficient (Wildman–Crippen LogP) is 1.63. The quantitative estimate of drug-likeness (QED) is 0.829. The van der Waals surface area contributed by atoms with Gasteiger partial charge in [-0.05, 0) is 26.8 Å². The maximum absolute atomic E-state index is 11.6. The average Bonchev–Trinajstić information content (AvgIpc) is 2.71. The predicted molar refractivity (Wildman–Crippen MR) is 80.2 cm³/mol. The van der Waals surface area contributed by atoms with E-state index in [9.17, 15) is 9.59 Å². The number of rotatable bonds is 6. The minimum atomic E-state index is -1.09. The number of carbonyl (C=O) groups excluding carboxylic acids is 1. The second-order valence-corrected chi connectivity index (χ2v) is 6.56. The lowest BCUT2D eigenvalue weighted by Gasteiger charge is -2.21. The van der Waals surface area contributed by atoms with Crippen LogP contribution in [0.5, 0.6) is 0 Å². The van der Waals surface area contributed by atoms with Crippen molar-refractivity contribution in [3.8, 4) is 0 Å². The topological polar surface area (TPSA) is 93.5 Å². The summed E-state index contributed by atoms with van der Waals surface area (Å²) in [6.45, 7) is 5.16. The van der Waals surface area contributed by atoms with Gasteiger partial charge in [-0.25, -0.2) is 9.59 Å². The minimum Gasteiger partial charge on any atom is -0.480 e. The number of nitrogens with one attached hydrogen (secondary N) is 1. The summed E-state index contributed by atoms with van der Waals surface area (Å²) in [6.07, 6.45) is 1.09. The first kappa shape index (κ1) is 17.4. The lowest BCUT2D eigenvalue weighted by Crippen LogP contribution is -2.44. The molecule has 0 aliphatic carbocycles. The smallest absolute Gasteiger partial charge is 0.408 e. The number of aryl methyl sites for hydroxylation is 1. The highest BCUT2D eigenvalue weighted by molar-refractivity contribution is 7.98. The van der Waals surface area contributed by atoms with Crippen LogP contribution in [0.4, 0.5) is 4.79 Å². The van der Waals surface area contributed by atoms with Crippen molar-refractivity contribution in [2.45, 2.75) is 38.2 Å². The molecule has 1 aromatic heterocycles. The van der Waals surface area contributed by atoms with Gasteiger partial charge in [0.2, 0.25) is 0 Å². The van der Waals surface area contributed by atoms with Crippen LogP contribution in [0.25, 0.3) is 0 Å². The van der Waals surface area contributed by atoms with Crippen molar-refractivity contribution in [1.82, 2.24) is 15.1 Å². The van der Waals surface area contributed by atoms with Crippen LogP contribution >= 0.6 is 11.8 Å². The molecule has 0 aliphatic heterocycles. The summed E-state index contributed by atoms with van der Waals surface area (Å²) in [7, 11) is 1.82. The summed E-state index contributed by atoms with van der Waals surface area (Å²) in [5.74, 6) is -0.263. The van der Waals surface area contributed by atoms with E-state index in [-0.39, 0.29) is 5.75 Å². The molecule has 21 heavy (non-hydrogen) atoms. The Morgan fingerprint density at radius 1 is 1.52 bits per heavy atom. The summed E-state index contributed by atoms with van der Waals surface area (Å²) in [6, 6.07) is 0.873. The first-order valence-corrected chi connectivity index (χ1v) is 7.61. The fourth-order valence-corrected chi connectivity index (χ4v) is 2.39. The number of aromatic nitrogens is 2. The SMILES string of the molecule is Cn1ccc(CSCC(NC(=O)OC(C)(C)C)C(=O)O)n1.